The lowest BCUT2D eigenvalue weighted by molar-refractivity contribution is -0.140. The van der Waals surface area contributed by atoms with E-state index in [1.54, 1.807) is 7.05 Å². The highest BCUT2D eigenvalue weighted by molar-refractivity contribution is 5.85. The van der Waals surface area contributed by atoms with Crippen LogP contribution in [-0.4, -0.2) is 24.2 Å². The Kier molecular flexibility index (Phi) is 7.79. The van der Waals surface area contributed by atoms with Crippen LogP contribution in [0.4, 0.5) is 0 Å². The molecule has 2 atom stereocenters. The molecule has 0 amide bonds. The molecule has 0 fully saturated rings. The normalized spacial score (nSPS) is 14.8. The van der Waals surface area contributed by atoms with Crippen molar-refractivity contribution in [3.05, 3.63) is 0 Å². The first-order valence-corrected chi connectivity index (χ1v) is 3.53. The van der Waals surface area contributed by atoms with Gasteiger partial charge in [0, 0.05) is 0 Å². The zero-order valence-corrected chi connectivity index (χ0v) is 7.94. The summed E-state index contributed by atoms with van der Waals surface area (Å²) in [5.41, 5.74) is 0. The number of carboxylic acid groups (broad SMARTS) is 1. The van der Waals surface area contributed by atoms with Crippen LogP contribution in [0.5, 0.6) is 0 Å². The Morgan fingerprint density at radius 3 is 2.18 bits per heavy atom. The number of halogens is 1. The second-order valence-electron chi connectivity index (χ2n) is 2.49. The Morgan fingerprint density at radius 1 is 1.64 bits per heavy atom. The predicted molar refractivity (Wildman–Crippen MR) is 47.2 cm³/mol. The molecule has 0 unspecified atom stereocenters. The maximum Gasteiger partial charge on any atom is 0.320 e. The van der Waals surface area contributed by atoms with Gasteiger partial charge in [-0.2, -0.15) is 0 Å². The summed E-state index contributed by atoms with van der Waals surface area (Å²) in [6.45, 7) is 3.91. The van der Waals surface area contributed by atoms with Gasteiger partial charge in [-0.15, -0.1) is 12.4 Å². The molecule has 0 saturated heterocycles. The number of aliphatic carboxylic acids is 1. The highest BCUT2D eigenvalue weighted by Gasteiger charge is 2.20. The molecule has 0 spiro atoms. The van der Waals surface area contributed by atoms with Crippen molar-refractivity contribution in [1.29, 1.82) is 0 Å². The van der Waals surface area contributed by atoms with E-state index in [2.05, 4.69) is 5.32 Å². The largest absolute Gasteiger partial charge is 0.480 e. The second kappa shape index (κ2) is 6.43. The minimum atomic E-state index is -0.767. The summed E-state index contributed by atoms with van der Waals surface area (Å²) in [6.07, 6.45) is 0.887. The molecule has 0 aromatic carbocycles. The van der Waals surface area contributed by atoms with Gasteiger partial charge in [-0.1, -0.05) is 20.3 Å². The Morgan fingerprint density at radius 2 is 2.09 bits per heavy atom. The molecule has 0 bridgehead atoms. The van der Waals surface area contributed by atoms with Gasteiger partial charge in [0.05, 0.1) is 0 Å². The van der Waals surface area contributed by atoms with Crippen LogP contribution in [0.15, 0.2) is 0 Å². The van der Waals surface area contributed by atoms with Gasteiger partial charge >= 0.3 is 5.97 Å². The van der Waals surface area contributed by atoms with Crippen molar-refractivity contribution in [3.63, 3.8) is 0 Å². The fourth-order valence-corrected chi connectivity index (χ4v) is 0.887. The molecule has 68 valence electrons. The number of likely N-dealkylation sites (N-methyl/N-ethyl adjacent to an activating group) is 1. The van der Waals surface area contributed by atoms with E-state index in [1.807, 2.05) is 13.8 Å². The molecule has 0 aliphatic heterocycles. The first-order chi connectivity index (χ1) is 4.63. The van der Waals surface area contributed by atoms with Crippen molar-refractivity contribution >= 4 is 18.4 Å². The monoisotopic (exact) mass is 181 g/mol. The summed E-state index contributed by atoms with van der Waals surface area (Å²) in [7, 11) is 1.67. The average Bonchev–Trinajstić information content (AvgIpc) is 1.88. The quantitative estimate of drug-likeness (QED) is 0.684. The van der Waals surface area contributed by atoms with Gasteiger partial charge in [0.1, 0.15) is 6.04 Å². The van der Waals surface area contributed by atoms with E-state index in [0.717, 1.165) is 6.42 Å². The summed E-state index contributed by atoms with van der Waals surface area (Å²) in [5, 5.41) is 11.4. The molecule has 0 radical (unpaired) electrons. The number of hydrogen-bond acceptors (Lipinski definition) is 2. The fourth-order valence-electron chi connectivity index (χ4n) is 0.887. The minimum Gasteiger partial charge on any atom is -0.480 e. The van der Waals surface area contributed by atoms with Gasteiger partial charge in [-0.25, -0.2) is 0 Å². The third-order valence-electron chi connectivity index (χ3n) is 1.79. The Bertz CT molecular complexity index is 119. The smallest absolute Gasteiger partial charge is 0.320 e. The van der Waals surface area contributed by atoms with Crippen LogP contribution in [0.2, 0.25) is 0 Å². The average molecular weight is 182 g/mol. The topological polar surface area (TPSA) is 49.3 Å². The lowest BCUT2D eigenvalue weighted by Gasteiger charge is -2.16. The third kappa shape index (κ3) is 4.22. The van der Waals surface area contributed by atoms with Crippen LogP contribution in [0.3, 0.4) is 0 Å². The maximum atomic E-state index is 10.5. The third-order valence-corrected chi connectivity index (χ3v) is 1.79. The summed E-state index contributed by atoms with van der Waals surface area (Å²) in [4.78, 5) is 10.5. The van der Waals surface area contributed by atoms with Gasteiger partial charge < -0.3 is 10.4 Å². The van der Waals surface area contributed by atoms with E-state index in [9.17, 15) is 4.79 Å². The van der Waals surface area contributed by atoms with E-state index in [0.29, 0.717) is 0 Å². The van der Waals surface area contributed by atoms with Gasteiger partial charge in [-0.3, -0.25) is 4.79 Å². The summed E-state index contributed by atoms with van der Waals surface area (Å²) < 4.78 is 0. The predicted octanol–water partition coefficient (Wildman–Crippen LogP) is 1.13. The van der Waals surface area contributed by atoms with E-state index < -0.39 is 12.0 Å². The van der Waals surface area contributed by atoms with Crippen LogP contribution in [0, 0.1) is 5.92 Å². The first-order valence-electron chi connectivity index (χ1n) is 3.53. The molecule has 0 saturated carbocycles. The molecule has 3 nitrogen and oxygen atoms in total. The number of rotatable bonds is 4. The number of hydrogen-bond donors (Lipinski definition) is 2. The summed E-state index contributed by atoms with van der Waals surface area (Å²) in [5.74, 6) is -0.570. The van der Waals surface area contributed by atoms with Crippen molar-refractivity contribution in [2.45, 2.75) is 26.3 Å². The van der Waals surface area contributed by atoms with Gasteiger partial charge in [-0.05, 0) is 13.0 Å². The number of nitrogens with one attached hydrogen (secondary N) is 1. The Balaban J connectivity index is 0. The molecule has 0 aromatic rings. The highest BCUT2D eigenvalue weighted by atomic mass is 35.5. The molecule has 0 rings (SSSR count). The van der Waals surface area contributed by atoms with E-state index in [4.69, 9.17) is 5.11 Å². The maximum absolute atomic E-state index is 10.5. The van der Waals surface area contributed by atoms with Crippen molar-refractivity contribution in [3.8, 4) is 0 Å². The molecule has 0 aromatic heterocycles. The van der Waals surface area contributed by atoms with E-state index in [1.165, 1.54) is 0 Å². The molecular formula is C7H16ClNO2. The number of carboxylic acids is 1. The minimum absolute atomic E-state index is 0. The van der Waals surface area contributed by atoms with Crippen LogP contribution >= 0.6 is 12.4 Å². The second-order valence-corrected chi connectivity index (χ2v) is 2.49. The van der Waals surface area contributed by atoms with Crippen LogP contribution in [-0.2, 0) is 4.79 Å². The highest BCUT2D eigenvalue weighted by Crippen LogP contribution is 2.06. The zero-order chi connectivity index (χ0) is 8.15. The summed E-state index contributed by atoms with van der Waals surface area (Å²) in [6, 6.07) is -0.398. The van der Waals surface area contributed by atoms with Crippen LogP contribution in [0.25, 0.3) is 0 Å². The van der Waals surface area contributed by atoms with Crippen LogP contribution in [0.1, 0.15) is 20.3 Å². The van der Waals surface area contributed by atoms with Gasteiger partial charge in [0.25, 0.3) is 0 Å². The van der Waals surface area contributed by atoms with Crippen molar-refractivity contribution in [2.24, 2.45) is 5.92 Å². The lowest BCUT2D eigenvalue weighted by atomic mass is 10.00. The number of carbonyl (C=O) groups is 1. The van der Waals surface area contributed by atoms with Crippen molar-refractivity contribution in [2.75, 3.05) is 7.05 Å². The fraction of sp³-hybridized carbons (Fsp3) is 0.857. The zero-order valence-electron chi connectivity index (χ0n) is 7.13. The van der Waals surface area contributed by atoms with Crippen molar-refractivity contribution in [1.82, 2.24) is 5.32 Å². The SMILES string of the molecule is CC[C@@H](C)[C@H](NC)C(=O)O.Cl. The molecule has 4 heteroatoms. The molecule has 0 aliphatic carbocycles. The summed E-state index contributed by atoms with van der Waals surface area (Å²) >= 11 is 0. The molecule has 0 aliphatic rings. The molecule has 11 heavy (non-hydrogen) atoms. The van der Waals surface area contributed by atoms with Gasteiger partial charge in [0.15, 0.2) is 0 Å². The van der Waals surface area contributed by atoms with Crippen molar-refractivity contribution < 1.29 is 9.90 Å². The first kappa shape index (κ1) is 13.3. The van der Waals surface area contributed by atoms with E-state index >= 15 is 0 Å². The standard InChI is InChI=1S/C7H15NO2.ClH/c1-4-5(2)6(8-3)7(9)10;/h5-6,8H,4H2,1-3H3,(H,9,10);1H/t5-,6+;/m1./s1. The Hall–Kier alpha value is -0.280. The molecule has 0 heterocycles. The molecule has 2 N–H and O–H groups in total. The lowest BCUT2D eigenvalue weighted by Crippen LogP contribution is -2.39. The van der Waals surface area contributed by atoms with E-state index in [-0.39, 0.29) is 18.3 Å². The van der Waals surface area contributed by atoms with Gasteiger partial charge in [0.2, 0.25) is 0 Å². The Labute approximate surface area is 73.6 Å². The van der Waals surface area contributed by atoms with Crippen LogP contribution < -0.4 is 5.32 Å². The molecular weight excluding hydrogens is 166 g/mol.